The van der Waals surface area contributed by atoms with Gasteiger partial charge in [0.1, 0.15) is 5.60 Å². The van der Waals surface area contributed by atoms with E-state index in [-0.39, 0.29) is 5.60 Å². The number of esters is 1. The maximum absolute atomic E-state index is 11.1. The highest BCUT2D eigenvalue weighted by Gasteiger charge is 2.38. The van der Waals surface area contributed by atoms with Gasteiger partial charge in [-0.05, 0) is 25.7 Å². The minimum Gasteiger partial charge on any atom is -0.457 e. The maximum Gasteiger partial charge on any atom is 0.335 e. The van der Waals surface area contributed by atoms with Crippen molar-refractivity contribution in [3.05, 3.63) is 0 Å². The zero-order valence-electron chi connectivity index (χ0n) is 7.67. The van der Waals surface area contributed by atoms with Gasteiger partial charge in [-0.15, -0.1) is 0 Å². The third kappa shape index (κ3) is 1.61. The molecular weight excluding hydrogens is 156 g/mol. The number of aliphatic hydroxyl groups excluding tert-OH is 1. The largest absolute Gasteiger partial charge is 0.457 e. The van der Waals surface area contributed by atoms with Crippen molar-refractivity contribution in [2.75, 3.05) is 0 Å². The Morgan fingerprint density at radius 3 is 2.58 bits per heavy atom. The first kappa shape index (κ1) is 9.52. The van der Waals surface area contributed by atoms with E-state index in [2.05, 4.69) is 0 Å². The Hall–Kier alpha value is -0.570. The molecule has 1 fully saturated rings. The molecule has 1 aliphatic rings. The van der Waals surface area contributed by atoms with E-state index in [1.54, 1.807) is 0 Å². The number of ether oxygens (including phenoxy) is 1. The minimum absolute atomic E-state index is 0.295. The van der Waals surface area contributed by atoms with E-state index < -0.39 is 12.1 Å². The second-order valence-electron chi connectivity index (χ2n) is 3.37. The van der Waals surface area contributed by atoms with Crippen LogP contribution in [0.15, 0.2) is 0 Å². The van der Waals surface area contributed by atoms with E-state index in [1.807, 2.05) is 13.8 Å². The number of rotatable bonds is 2. The molecule has 0 radical (unpaired) electrons. The molecule has 1 atom stereocenters. The number of hydrogen-bond donors (Lipinski definition) is 1. The van der Waals surface area contributed by atoms with E-state index >= 15 is 0 Å². The molecule has 0 bridgehead atoms. The summed E-state index contributed by atoms with van der Waals surface area (Å²) >= 11 is 0. The van der Waals surface area contributed by atoms with Gasteiger partial charge < -0.3 is 9.84 Å². The van der Waals surface area contributed by atoms with Crippen molar-refractivity contribution in [1.29, 1.82) is 0 Å². The zero-order chi connectivity index (χ0) is 9.19. The fourth-order valence-corrected chi connectivity index (χ4v) is 1.60. The van der Waals surface area contributed by atoms with Crippen molar-refractivity contribution >= 4 is 5.97 Å². The van der Waals surface area contributed by atoms with Gasteiger partial charge in [0.2, 0.25) is 0 Å². The summed E-state index contributed by atoms with van der Waals surface area (Å²) < 4.78 is 5.20. The quantitative estimate of drug-likeness (QED) is 0.637. The summed E-state index contributed by atoms with van der Waals surface area (Å²) in [7, 11) is 0. The van der Waals surface area contributed by atoms with E-state index in [4.69, 9.17) is 9.84 Å². The van der Waals surface area contributed by atoms with Crippen LogP contribution < -0.4 is 0 Å². The van der Waals surface area contributed by atoms with Crippen LogP contribution in [-0.4, -0.2) is 22.8 Å². The average molecular weight is 172 g/mol. The van der Waals surface area contributed by atoms with Gasteiger partial charge in [0.25, 0.3) is 0 Å². The highest BCUT2D eigenvalue weighted by molar-refractivity contribution is 5.75. The van der Waals surface area contributed by atoms with Gasteiger partial charge in [-0.25, -0.2) is 4.79 Å². The van der Waals surface area contributed by atoms with Crippen molar-refractivity contribution < 1.29 is 14.6 Å². The lowest BCUT2D eigenvalue weighted by Gasteiger charge is -2.36. The van der Waals surface area contributed by atoms with Crippen molar-refractivity contribution in [1.82, 2.24) is 0 Å². The molecule has 12 heavy (non-hydrogen) atoms. The first-order valence-corrected chi connectivity index (χ1v) is 4.54. The molecule has 1 N–H and O–H groups in total. The third-order valence-corrected chi connectivity index (χ3v) is 2.75. The Labute approximate surface area is 72.7 Å². The monoisotopic (exact) mass is 172 g/mol. The first-order chi connectivity index (χ1) is 5.63. The van der Waals surface area contributed by atoms with Gasteiger partial charge in [-0.3, -0.25) is 0 Å². The summed E-state index contributed by atoms with van der Waals surface area (Å²) in [6.45, 7) is 4.02. The molecule has 0 unspecified atom stereocenters. The van der Waals surface area contributed by atoms with Crippen molar-refractivity contribution in [2.45, 2.75) is 51.2 Å². The molecular formula is C9H16O3. The smallest absolute Gasteiger partial charge is 0.335 e. The van der Waals surface area contributed by atoms with Gasteiger partial charge in [-0.1, -0.05) is 13.8 Å². The average Bonchev–Trinajstić information content (AvgIpc) is 2.10. The fourth-order valence-electron chi connectivity index (χ4n) is 1.60. The molecule has 0 spiro atoms. The lowest BCUT2D eigenvalue weighted by atomic mass is 9.88. The summed E-state index contributed by atoms with van der Waals surface area (Å²) in [4.78, 5) is 11.1. The van der Waals surface area contributed by atoms with Crippen LogP contribution >= 0.6 is 0 Å². The molecule has 0 aromatic heterocycles. The van der Waals surface area contributed by atoms with Crippen molar-refractivity contribution in [3.63, 3.8) is 0 Å². The topological polar surface area (TPSA) is 46.5 Å². The highest BCUT2D eigenvalue weighted by atomic mass is 16.6. The molecule has 1 heterocycles. The number of hydrogen-bond acceptors (Lipinski definition) is 3. The van der Waals surface area contributed by atoms with E-state index in [0.717, 1.165) is 19.3 Å². The van der Waals surface area contributed by atoms with Crippen molar-refractivity contribution in [2.24, 2.45) is 0 Å². The number of aliphatic hydroxyl groups is 1. The molecule has 1 saturated heterocycles. The van der Waals surface area contributed by atoms with E-state index in [0.29, 0.717) is 6.42 Å². The maximum atomic E-state index is 11.1. The Balaban J connectivity index is 2.64. The lowest BCUT2D eigenvalue weighted by Crippen LogP contribution is -2.43. The van der Waals surface area contributed by atoms with E-state index in [1.165, 1.54) is 0 Å². The summed E-state index contributed by atoms with van der Waals surface area (Å²) in [5.74, 6) is -0.454. The van der Waals surface area contributed by atoms with Crippen LogP contribution in [0.25, 0.3) is 0 Å². The van der Waals surface area contributed by atoms with Crippen LogP contribution in [0.1, 0.15) is 39.5 Å². The van der Waals surface area contributed by atoms with Crippen LogP contribution in [0.4, 0.5) is 0 Å². The second-order valence-corrected chi connectivity index (χ2v) is 3.37. The van der Waals surface area contributed by atoms with Crippen LogP contribution in [-0.2, 0) is 9.53 Å². The summed E-state index contributed by atoms with van der Waals surface area (Å²) in [5.41, 5.74) is -0.295. The standard InChI is InChI=1S/C9H16O3/c1-3-9(4-2)6-5-7(10)8(11)12-9/h7,10H,3-6H2,1-2H3/t7-/m0/s1. The van der Waals surface area contributed by atoms with Gasteiger partial charge in [0, 0.05) is 0 Å². The predicted octanol–water partition coefficient (Wildman–Crippen LogP) is 1.24. The molecule has 3 heteroatoms. The predicted molar refractivity (Wildman–Crippen MR) is 44.6 cm³/mol. The molecule has 0 saturated carbocycles. The lowest BCUT2D eigenvalue weighted by molar-refractivity contribution is -0.182. The summed E-state index contributed by atoms with van der Waals surface area (Å²) in [6.07, 6.45) is 2.10. The number of cyclic esters (lactones) is 1. The van der Waals surface area contributed by atoms with Gasteiger partial charge in [-0.2, -0.15) is 0 Å². The Kier molecular flexibility index (Phi) is 2.73. The Bertz CT molecular complexity index is 173. The highest BCUT2D eigenvalue weighted by Crippen LogP contribution is 2.31. The number of carbonyl (C=O) groups is 1. The third-order valence-electron chi connectivity index (χ3n) is 2.75. The van der Waals surface area contributed by atoms with Crippen LogP contribution in [0.3, 0.4) is 0 Å². The minimum atomic E-state index is -0.892. The van der Waals surface area contributed by atoms with Crippen molar-refractivity contribution in [3.8, 4) is 0 Å². The second kappa shape index (κ2) is 3.44. The molecule has 3 nitrogen and oxygen atoms in total. The molecule has 0 amide bonds. The van der Waals surface area contributed by atoms with Crippen LogP contribution in [0, 0.1) is 0 Å². The Morgan fingerprint density at radius 1 is 1.58 bits per heavy atom. The summed E-state index contributed by atoms with van der Waals surface area (Å²) in [5, 5.41) is 9.13. The van der Waals surface area contributed by atoms with Gasteiger partial charge >= 0.3 is 5.97 Å². The number of carbonyl (C=O) groups excluding carboxylic acids is 1. The fraction of sp³-hybridized carbons (Fsp3) is 0.889. The normalized spacial score (nSPS) is 28.2. The Morgan fingerprint density at radius 2 is 2.17 bits per heavy atom. The summed E-state index contributed by atoms with van der Waals surface area (Å²) in [6, 6.07) is 0. The molecule has 0 aromatic rings. The van der Waals surface area contributed by atoms with Gasteiger partial charge in [0.15, 0.2) is 6.10 Å². The molecule has 1 rings (SSSR count). The molecule has 0 aliphatic carbocycles. The van der Waals surface area contributed by atoms with E-state index in [9.17, 15) is 4.79 Å². The van der Waals surface area contributed by atoms with Gasteiger partial charge in [0.05, 0.1) is 0 Å². The first-order valence-electron chi connectivity index (χ1n) is 4.54. The molecule has 70 valence electrons. The molecule has 0 aromatic carbocycles. The SMILES string of the molecule is CCC1(CC)CC[C@H](O)C(=O)O1. The van der Waals surface area contributed by atoms with Crippen LogP contribution in [0.5, 0.6) is 0 Å². The molecule has 1 aliphatic heterocycles. The van der Waals surface area contributed by atoms with Crippen LogP contribution in [0.2, 0.25) is 0 Å². The zero-order valence-corrected chi connectivity index (χ0v) is 7.67.